The summed E-state index contributed by atoms with van der Waals surface area (Å²) in [5.74, 6) is -0.789. The lowest BCUT2D eigenvalue weighted by Gasteiger charge is -2.25. The van der Waals surface area contributed by atoms with Gasteiger partial charge in [-0.15, -0.1) is 0 Å². The molecule has 0 bridgehead atoms. The average molecular weight is 253 g/mol. The number of hydrogen-bond acceptors (Lipinski definition) is 3. The smallest absolute Gasteiger partial charge is 0.236 e. The molecular weight excluding hydrogens is 233 g/mol. The molecule has 18 heavy (non-hydrogen) atoms. The summed E-state index contributed by atoms with van der Waals surface area (Å²) in [6.45, 7) is 5.78. The summed E-state index contributed by atoms with van der Waals surface area (Å²) < 4.78 is 13.9. The van der Waals surface area contributed by atoms with Crippen LogP contribution in [0.2, 0.25) is 0 Å². The molecule has 0 saturated carbocycles. The number of benzene rings is 1. The molecule has 0 fully saturated rings. The summed E-state index contributed by atoms with van der Waals surface area (Å²) in [7, 11) is 0. The zero-order valence-electron chi connectivity index (χ0n) is 10.9. The molecule has 0 unspecified atom stereocenters. The summed E-state index contributed by atoms with van der Waals surface area (Å²) in [5, 5.41) is 3.15. The molecule has 1 amide bonds. The first kappa shape index (κ1) is 14.4. The third kappa shape index (κ3) is 3.70. The number of carbonyl (C=O) groups excluding carboxylic acids is 1. The maximum Gasteiger partial charge on any atom is 0.236 e. The highest BCUT2D eigenvalue weighted by molar-refractivity contribution is 5.80. The number of nitrogens with zero attached hydrogens (tertiary/aromatic N) is 1. The number of halogens is 1. The van der Waals surface area contributed by atoms with Gasteiger partial charge in [-0.1, -0.05) is 19.1 Å². The van der Waals surface area contributed by atoms with Crippen molar-refractivity contribution >= 4 is 11.6 Å². The molecule has 1 aromatic rings. The number of para-hydroxylation sites is 1. The Morgan fingerprint density at radius 2 is 2.17 bits per heavy atom. The van der Waals surface area contributed by atoms with Crippen LogP contribution in [-0.4, -0.2) is 25.5 Å². The highest BCUT2D eigenvalue weighted by atomic mass is 19.1. The van der Waals surface area contributed by atoms with Gasteiger partial charge in [-0.2, -0.15) is 0 Å². The zero-order chi connectivity index (χ0) is 13.5. The van der Waals surface area contributed by atoms with Crippen LogP contribution < -0.4 is 16.0 Å². The quantitative estimate of drug-likeness (QED) is 0.769. The van der Waals surface area contributed by atoms with E-state index in [2.05, 4.69) is 5.32 Å². The van der Waals surface area contributed by atoms with Gasteiger partial charge in [-0.3, -0.25) is 4.79 Å². The molecule has 0 radical (unpaired) electrons. The van der Waals surface area contributed by atoms with Crippen LogP contribution in [0.25, 0.3) is 0 Å². The largest absolute Gasteiger partial charge is 0.368 e. The van der Waals surface area contributed by atoms with Gasteiger partial charge in [0.1, 0.15) is 5.82 Å². The number of carbonyl (C=O) groups is 1. The topological polar surface area (TPSA) is 58.4 Å². The third-order valence-electron chi connectivity index (χ3n) is 2.68. The highest BCUT2D eigenvalue weighted by Crippen LogP contribution is 2.24. The van der Waals surface area contributed by atoms with Crippen LogP contribution in [0.15, 0.2) is 18.2 Å². The Hall–Kier alpha value is -1.62. The van der Waals surface area contributed by atoms with Crippen LogP contribution in [0, 0.1) is 5.82 Å². The second kappa shape index (κ2) is 6.96. The Bertz CT molecular complexity index is 409. The maximum atomic E-state index is 13.9. The summed E-state index contributed by atoms with van der Waals surface area (Å²) in [4.78, 5) is 12.7. The SMILES string of the molecule is CCNCc1cccc(F)c1N(CC)CC(N)=O. The molecule has 0 aliphatic heterocycles. The molecule has 0 spiro atoms. The van der Waals surface area contributed by atoms with Crippen LogP contribution in [0.1, 0.15) is 19.4 Å². The van der Waals surface area contributed by atoms with E-state index < -0.39 is 5.91 Å². The number of nitrogens with two attached hydrogens (primary N) is 1. The van der Waals surface area contributed by atoms with Gasteiger partial charge in [0.05, 0.1) is 12.2 Å². The van der Waals surface area contributed by atoms with Crippen molar-refractivity contribution < 1.29 is 9.18 Å². The van der Waals surface area contributed by atoms with Crippen molar-refractivity contribution in [3.8, 4) is 0 Å². The fourth-order valence-electron chi connectivity index (χ4n) is 1.85. The lowest BCUT2D eigenvalue weighted by molar-refractivity contribution is -0.116. The first-order valence-electron chi connectivity index (χ1n) is 6.11. The molecule has 1 rings (SSSR count). The first-order valence-corrected chi connectivity index (χ1v) is 6.11. The van der Waals surface area contributed by atoms with E-state index in [0.29, 0.717) is 18.8 Å². The van der Waals surface area contributed by atoms with Crippen molar-refractivity contribution in [3.63, 3.8) is 0 Å². The van der Waals surface area contributed by atoms with Crippen molar-refractivity contribution in [2.24, 2.45) is 5.73 Å². The number of anilines is 1. The molecular formula is C13H20FN3O. The van der Waals surface area contributed by atoms with Crippen molar-refractivity contribution in [1.82, 2.24) is 5.32 Å². The van der Waals surface area contributed by atoms with Crippen LogP contribution in [-0.2, 0) is 11.3 Å². The predicted octanol–water partition coefficient (Wildman–Crippen LogP) is 1.25. The Balaban J connectivity index is 3.05. The zero-order valence-corrected chi connectivity index (χ0v) is 10.9. The van der Waals surface area contributed by atoms with E-state index in [1.807, 2.05) is 19.9 Å². The molecule has 1 aromatic carbocycles. The van der Waals surface area contributed by atoms with Crippen molar-refractivity contribution in [1.29, 1.82) is 0 Å². The number of likely N-dealkylation sites (N-methyl/N-ethyl adjacent to an activating group) is 1. The summed E-state index contributed by atoms with van der Waals surface area (Å²) in [6.07, 6.45) is 0. The Morgan fingerprint density at radius 1 is 1.44 bits per heavy atom. The second-order valence-corrected chi connectivity index (χ2v) is 4.01. The van der Waals surface area contributed by atoms with Gasteiger partial charge in [0, 0.05) is 13.1 Å². The molecule has 5 heteroatoms. The van der Waals surface area contributed by atoms with E-state index in [1.165, 1.54) is 6.07 Å². The molecule has 0 saturated heterocycles. The second-order valence-electron chi connectivity index (χ2n) is 4.01. The molecule has 100 valence electrons. The molecule has 0 aliphatic carbocycles. The number of hydrogen-bond donors (Lipinski definition) is 2. The molecule has 0 aromatic heterocycles. The minimum absolute atomic E-state index is 0.0244. The van der Waals surface area contributed by atoms with Crippen LogP contribution in [0.3, 0.4) is 0 Å². The number of primary amides is 1. The fraction of sp³-hybridized carbons (Fsp3) is 0.462. The number of rotatable bonds is 7. The molecule has 4 nitrogen and oxygen atoms in total. The first-order chi connectivity index (χ1) is 8.60. The van der Waals surface area contributed by atoms with Crippen molar-refractivity contribution in [2.45, 2.75) is 20.4 Å². The van der Waals surface area contributed by atoms with Gasteiger partial charge in [-0.05, 0) is 25.1 Å². The molecule has 3 N–H and O–H groups in total. The van der Waals surface area contributed by atoms with E-state index in [-0.39, 0.29) is 12.4 Å². The average Bonchev–Trinajstić information content (AvgIpc) is 2.33. The highest BCUT2D eigenvalue weighted by Gasteiger charge is 2.16. The van der Waals surface area contributed by atoms with E-state index in [4.69, 9.17) is 5.73 Å². The standard InChI is InChI=1S/C13H20FN3O/c1-3-16-8-10-6-5-7-11(14)13(10)17(4-2)9-12(15)18/h5-7,16H,3-4,8-9H2,1-2H3,(H2,15,18). The van der Waals surface area contributed by atoms with Gasteiger partial charge < -0.3 is 16.0 Å². The Morgan fingerprint density at radius 3 is 2.72 bits per heavy atom. The Kier molecular flexibility index (Phi) is 5.58. The maximum absolute atomic E-state index is 13.9. The lowest BCUT2D eigenvalue weighted by atomic mass is 10.1. The fourth-order valence-corrected chi connectivity index (χ4v) is 1.85. The van der Waals surface area contributed by atoms with Crippen LogP contribution in [0.5, 0.6) is 0 Å². The predicted molar refractivity (Wildman–Crippen MR) is 70.9 cm³/mol. The minimum atomic E-state index is -0.463. The summed E-state index contributed by atoms with van der Waals surface area (Å²) >= 11 is 0. The number of nitrogens with one attached hydrogen (secondary N) is 1. The van der Waals surface area contributed by atoms with Gasteiger partial charge in [0.15, 0.2) is 0 Å². The van der Waals surface area contributed by atoms with E-state index in [9.17, 15) is 9.18 Å². The van der Waals surface area contributed by atoms with Crippen molar-refractivity contribution in [3.05, 3.63) is 29.6 Å². The normalized spacial score (nSPS) is 10.4. The van der Waals surface area contributed by atoms with Gasteiger partial charge in [0.2, 0.25) is 5.91 Å². The van der Waals surface area contributed by atoms with Crippen LogP contribution >= 0.6 is 0 Å². The van der Waals surface area contributed by atoms with Gasteiger partial charge in [0.25, 0.3) is 0 Å². The minimum Gasteiger partial charge on any atom is -0.368 e. The molecule has 0 heterocycles. The Labute approximate surface area is 107 Å². The van der Waals surface area contributed by atoms with Gasteiger partial charge >= 0.3 is 0 Å². The van der Waals surface area contributed by atoms with Gasteiger partial charge in [-0.25, -0.2) is 4.39 Å². The summed E-state index contributed by atoms with van der Waals surface area (Å²) in [6, 6.07) is 4.92. The van der Waals surface area contributed by atoms with E-state index in [0.717, 1.165) is 12.1 Å². The summed E-state index contributed by atoms with van der Waals surface area (Å²) in [5.41, 5.74) is 6.48. The van der Waals surface area contributed by atoms with Crippen molar-refractivity contribution in [2.75, 3.05) is 24.5 Å². The third-order valence-corrected chi connectivity index (χ3v) is 2.68. The van der Waals surface area contributed by atoms with Crippen LogP contribution in [0.4, 0.5) is 10.1 Å². The van der Waals surface area contributed by atoms with E-state index in [1.54, 1.807) is 11.0 Å². The molecule has 0 atom stereocenters. The number of amides is 1. The monoisotopic (exact) mass is 253 g/mol. The molecule has 0 aliphatic rings. The van der Waals surface area contributed by atoms with E-state index >= 15 is 0 Å². The lowest BCUT2D eigenvalue weighted by Crippen LogP contribution is -2.35.